The SMILES string of the molecule is C[C@H]1CC(C(=O)N[C@H](C=O)CCCN=C(N)N)N(C(=O)C(CCS(C)(=O)=O)NS(=O)(=O)N2CCC(Oc3ccc(C(=O)O)cc3)CC2)C1. The minimum Gasteiger partial charge on any atom is -0.490 e. The van der Waals surface area contributed by atoms with Crippen molar-refractivity contribution in [3.8, 4) is 5.75 Å². The van der Waals surface area contributed by atoms with Gasteiger partial charge < -0.3 is 36.3 Å². The van der Waals surface area contributed by atoms with Crippen molar-refractivity contribution >= 4 is 50.1 Å². The number of hydrogen-bond acceptors (Lipinski definition) is 10. The fraction of sp³-hybridized carbons (Fsp3) is 0.621. The molecule has 2 saturated heterocycles. The summed E-state index contributed by atoms with van der Waals surface area (Å²) in [7, 11) is -7.87. The van der Waals surface area contributed by atoms with E-state index in [0.29, 0.717) is 31.3 Å². The molecule has 268 valence electrons. The lowest BCUT2D eigenvalue weighted by Gasteiger charge is -2.34. The van der Waals surface area contributed by atoms with Gasteiger partial charge in [0.05, 0.1) is 17.4 Å². The molecule has 2 heterocycles. The molecule has 3 rings (SSSR count). The summed E-state index contributed by atoms with van der Waals surface area (Å²) in [6.45, 7) is 2.29. The van der Waals surface area contributed by atoms with E-state index in [1.54, 1.807) is 0 Å². The maximum Gasteiger partial charge on any atom is 0.335 e. The minimum absolute atomic E-state index is 0.0439. The van der Waals surface area contributed by atoms with E-state index in [1.165, 1.54) is 29.2 Å². The van der Waals surface area contributed by atoms with Gasteiger partial charge in [0.1, 0.15) is 40.1 Å². The number of amides is 2. The molecule has 17 nitrogen and oxygen atoms in total. The Morgan fingerprint density at radius 3 is 2.31 bits per heavy atom. The molecule has 2 fully saturated rings. The number of aliphatic imine (C=N–C) groups is 1. The number of benzene rings is 1. The summed E-state index contributed by atoms with van der Waals surface area (Å²) < 4.78 is 60.5. The van der Waals surface area contributed by atoms with Gasteiger partial charge >= 0.3 is 5.97 Å². The topological polar surface area (TPSA) is 261 Å². The fourth-order valence-corrected chi connectivity index (χ4v) is 7.67. The van der Waals surface area contributed by atoms with Crippen LogP contribution >= 0.6 is 0 Å². The maximum atomic E-state index is 13.9. The number of carboxylic acids is 1. The van der Waals surface area contributed by atoms with E-state index in [0.717, 1.165) is 10.6 Å². The van der Waals surface area contributed by atoms with E-state index < -0.39 is 61.7 Å². The Hall–Kier alpha value is -3.81. The molecule has 0 radical (unpaired) electrons. The van der Waals surface area contributed by atoms with Gasteiger partial charge in [0.2, 0.25) is 11.8 Å². The van der Waals surface area contributed by atoms with Gasteiger partial charge in [-0.3, -0.25) is 14.6 Å². The van der Waals surface area contributed by atoms with Crippen LogP contribution < -0.4 is 26.2 Å². The van der Waals surface area contributed by atoms with Gasteiger partial charge in [-0.15, -0.1) is 0 Å². The first kappa shape index (κ1) is 38.6. The van der Waals surface area contributed by atoms with Crippen LogP contribution in [-0.2, 0) is 34.4 Å². The summed E-state index contributed by atoms with van der Waals surface area (Å²) in [5.41, 5.74) is 10.7. The average molecular weight is 716 g/mol. The Kier molecular flexibility index (Phi) is 13.7. The predicted molar refractivity (Wildman–Crippen MR) is 176 cm³/mol. The number of carboxylic acid groups (broad SMARTS) is 1. The van der Waals surface area contributed by atoms with Gasteiger partial charge in [-0.25, -0.2) is 13.2 Å². The Morgan fingerprint density at radius 2 is 1.75 bits per heavy atom. The second-order valence-electron chi connectivity index (χ2n) is 12.2. The number of likely N-dealkylation sites (tertiary alicyclic amines) is 1. The third kappa shape index (κ3) is 11.7. The number of guanidine groups is 1. The zero-order chi connectivity index (χ0) is 35.6. The van der Waals surface area contributed by atoms with Crippen molar-refractivity contribution in [1.82, 2.24) is 19.2 Å². The Bertz CT molecular complexity index is 1540. The van der Waals surface area contributed by atoms with Crippen LogP contribution in [0.3, 0.4) is 0 Å². The Labute approximate surface area is 280 Å². The summed E-state index contributed by atoms with van der Waals surface area (Å²) in [4.78, 5) is 55.0. The van der Waals surface area contributed by atoms with E-state index in [1.807, 2.05) is 6.92 Å². The first-order chi connectivity index (χ1) is 22.5. The smallest absolute Gasteiger partial charge is 0.335 e. The summed E-state index contributed by atoms with van der Waals surface area (Å²) in [5.74, 6) is -2.68. The van der Waals surface area contributed by atoms with E-state index in [-0.39, 0.29) is 69.0 Å². The van der Waals surface area contributed by atoms with Crippen molar-refractivity contribution in [2.45, 2.75) is 69.7 Å². The van der Waals surface area contributed by atoms with Crippen LogP contribution in [0.25, 0.3) is 0 Å². The summed E-state index contributed by atoms with van der Waals surface area (Å²) >= 11 is 0. The van der Waals surface area contributed by atoms with Crippen LogP contribution in [0.2, 0.25) is 0 Å². The Morgan fingerprint density at radius 1 is 1.10 bits per heavy atom. The number of nitrogens with two attached hydrogens (primary N) is 2. The van der Waals surface area contributed by atoms with Crippen molar-refractivity contribution in [1.29, 1.82) is 0 Å². The second kappa shape index (κ2) is 17.0. The molecule has 1 aromatic rings. The number of aromatic carboxylic acids is 1. The van der Waals surface area contributed by atoms with Crippen molar-refractivity contribution in [3.63, 3.8) is 0 Å². The van der Waals surface area contributed by atoms with Crippen LogP contribution in [-0.4, -0.2) is 124 Å². The van der Waals surface area contributed by atoms with Gasteiger partial charge in [0.15, 0.2) is 5.96 Å². The lowest BCUT2D eigenvalue weighted by molar-refractivity contribution is -0.140. The number of aldehydes is 1. The third-order valence-electron chi connectivity index (χ3n) is 8.07. The first-order valence-electron chi connectivity index (χ1n) is 15.6. The number of nitrogens with zero attached hydrogens (tertiary/aromatic N) is 3. The number of sulfone groups is 1. The van der Waals surface area contributed by atoms with Crippen molar-refractivity contribution in [3.05, 3.63) is 29.8 Å². The van der Waals surface area contributed by atoms with Gasteiger partial charge in [-0.1, -0.05) is 6.92 Å². The molecule has 0 saturated carbocycles. The van der Waals surface area contributed by atoms with E-state index in [2.05, 4.69) is 15.0 Å². The van der Waals surface area contributed by atoms with E-state index >= 15 is 0 Å². The molecule has 0 aliphatic carbocycles. The molecule has 2 aliphatic heterocycles. The molecule has 19 heteroatoms. The lowest BCUT2D eigenvalue weighted by Crippen LogP contribution is -2.57. The largest absolute Gasteiger partial charge is 0.490 e. The van der Waals surface area contributed by atoms with Gasteiger partial charge in [-0.2, -0.15) is 17.4 Å². The number of ether oxygens (including phenoxy) is 1. The Balaban J connectivity index is 1.68. The molecule has 7 N–H and O–H groups in total. The van der Waals surface area contributed by atoms with Crippen molar-refractivity contribution < 1.29 is 45.9 Å². The number of piperidine rings is 1. The normalized spacial score (nSPS) is 20.4. The van der Waals surface area contributed by atoms with Crippen LogP contribution in [0, 0.1) is 5.92 Å². The molecule has 0 bridgehead atoms. The molecule has 0 aromatic heterocycles. The van der Waals surface area contributed by atoms with Crippen LogP contribution in [0.5, 0.6) is 5.75 Å². The maximum absolute atomic E-state index is 13.9. The standard InChI is InChI=1S/C29H45N7O10S2/c1-19-16-25(26(38)33-21(18-37)4-3-12-32-29(30)31)36(17-19)27(39)24(11-15-47(2,42)43)34-48(44,45)35-13-9-23(10-14-35)46-22-7-5-20(6-8-22)28(40)41/h5-8,18-19,21,23-25,34H,3-4,9-17H2,1-2H3,(H,33,38)(H,40,41)(H4,30,31,32)/t19-,21-,24?,25?/m0/s1. The zero-order valence-corrected chi connectivity index (χ0v) is 28.6. The molecule has 4 atom stereocenters. The molecular weight excluding hydrogens is 670 g/mol. The summed E-state index contributed by atoms with van der Waals surface area (Å²) in [5, 5.41) is 11.7. The van der Waals surface area contributed by atoms with Gasteiger partial charge in [0.25, 0.3) is 10.2 Å². The van der Waals surface area contributed by atoms with Gasteiger partial charge in [-0.05, 0) is 68.7 Å². The van der Waals surface area contributed by atoms with E-state index in [9.17, 15) is 36.0 Å². The lowest BCUT2D eigenvalue weighted by atomic mass is 10.1. The highest BCUT2D eigenvalue weighted by molar-refractivity contribution is 7.90. The molecule has 1 aromatic carbocycles. The monoisotopic (exact) mass is 715 g/mol. The first-order valence-corrected chi connectivity index (χ1v) is 19.1. The molecule has 48 heavy (non-hydrogen) atoms. The third-order valence-corrected chi connectivity index (χ3v) is 10.7. The molecule has 2 aliphatic rings. The average Bonchev–Trinajstić information content (AvgIpc) is 3.42. The van der Waals surface area contributed by atoms with Crippen LogP contribution in [0.1, 0.15) is 55.8 Å². The highest BCUT2D eigenvalue weighted by Gasteiger charge is 2.42. The number of hydrogen-bond donors (Lipinski definition) is 5. The van der Waals surface area contributed by atoms with Crippen LogP contribution in [0.4, 0.5) is 0 Å². The molecule has 2 amide bonds. The van der Waals surface area contributed by atoms with E-state index in [4.69, 9.17) is 21.3 Å². The minimum atomic E-state index is -4.28. The second-order valence-corrected chi connectivity index (χ2v) is 16.1. The number of carbonyl (C=O) groups excluding carboxylic acids is 3. The van der Waals surface area contributed by atoms with Crippen molar-refractivity contribution in [2.24, 2.45) is 22.4 Å². The molecule has 2 unspecified atom stereocenters. The predicted octanol–water partition coefficient (Wildman–Crippen LogP) is -1.16. The molecular formula is C29H45N7O10S2. The quantitative estimate of drug-likeness (QED) is 0.0554. The number of carbonyl (C=O) groups is 4. The highest BCUT2D eigenvalue weighted by Crippen LogP contribution is 2.26. The fourth-order valence-electron chi connectivity index (χ4n) is 5.59. The highest BCUT2D eigenvalue weighted by atomic mass is 32.2. The number of nitrogens with one attached hydrogen (secondary N) is 2. The van der Waals surface area contributed by atoms with Crippen LogP contribution in [0.15, 0.2) is 29.3 Å². The summed E-state index contributed by atoms with van der Waals surface area (Å²) in [6, 6.07) is 2.50. The zero-order valence-electron chi connectivity index (χ0n) is 27.0. The van der Waals surface area contributed by atoms with Crippen molar-refractivity contribution in [2.75, 3.05) is 38.2 Å². The van der Waals surface area contributed by atoms with Gasteiger partial charge in [0, 0.05) is 32.4 Å². The summed E-state index contributed by atoms with van der Waals surface area (Å²) in [6.07, 6.45) is 2.37. The molecule has 0 spiro atoms. The number of rotatable bonds is 17.